The van der Waals surface area contributed by atoms with E-state index in [9.17, 15) is 39.6 Å². The predicted octanol–water partition coefficient (Wildman–Crippen LogP) is 14.1. The van der Waals surface area contributed by atoms with Crippen LogP contribution in [0.1, 0.15) is 254 Å². The van der Waals surface area contributed by atoms with Gasteiger partial charge < -0.3 is 48.8 Å². The molecule has 0 aromatic carbocycles. The lowest BCUT2D eigenvalue weighted by Gasteiger charge is -2.63. The van der Waals surface area contributed by atoms with Crippen LogP contribution >= 0.6 is 0 Å². The maximum atomic E-state index is 12.2. The molecule has 4 N–H and O–H groups in total. The van der Waals surface area contributed by atoms with E-state index in [0.29, 0.717) is 103 Å². The fraction of sp³-hybridized carbons (Fsp3) is 0.901. The number of cyclic esters (lactones) is 3. The number of fused-ring (bicyclic) bond motifs is 18. The molecule has 6 unspecified atom stereocenters. The molecule has 29 atom stereocenters. The topological polar surface area (TPSA) is 205 Å². The highest BCUT2D eigenvalue weighted by atomic mass is 16.7. The number of esters is 4. The molecule has 0 aromatic rings. The Morgan fingerprint density at radius 2 is 1.04 bits per heavy atom. The molecule has 530 valence electrons. The van der Waals surface area contributed by atoms with Gasteiger partial charge in [0, 0.05) is 41.9 Å². The lowest BCUT2D eigenvalue weighted by atomic mass is 9.43. The molecule has 5 aliphatic heterocycles. The lowest BCUT2D eigenvalue weighted by Crippen LogP contribution is -2.66. The fourth-order valence-electron chi connectivity index (χ4n) is 29.4. The molecule has 0 aromatic heterocycles. The molecule has 0 spiro atoms. The monoisotopic (exact) mass is 1320 g/mol. The number of hydrogen-bond donors (Lipinski definition) is 4. The highest BCUT2D eigenvalue weighted by Gasteiger charge is 2.71. The Kier molecular flexibility index (Phi) is 17.5. The number of methoxy groups -OCH3 is 1. The van der Waals surface area contributed by atoms with E-state index >= 15 is 0 Å². The number of aliphatic hydroxyl groups is 4. The fourth-order valence-corrected chi connectivity index (χ4v) is 29.4. The summed E-state index contributed by atoms with van der Waals surface area (Å²) in [5, 5.41) is 44.7. The van der Waals surface area contributed by atoms with Crippen LogP contribution in [0, 0.1) is 133 Å². The van der Waals surface area contributed by atoms with Crippen LogP contribution in [-0.2, 0) is 47.6 Å². The SMILES string of the molecule is CO[C@]12CC[C@H](O)C[C@H]1CCC1C2CC[C@]2(C)[C@H](C3=CC(=O)OC3)CC[C@]12O.C[C@H]1C[C@@H]2OC3OC(=O)CC3[C@@H]2C1(C)C.C[C@]12CCCC[C@H]1CC[C@H]1[C@H]3CC[C@@H]([C@H]4COC(=O)C4)[C@@]3(C)CC[C@@H]12.C[C@]12CC[C@H](O)C[C@H]1CCC1C2CC[C@]2(C)[C@H](C3=CC(=O)OC3)CC[C@]12O. The molecule has 13 aliphatic carbocycles. The number of hydrogen-bond acceptors (Lipinski definition) is 14. The van der Waals surface area contributed by atoms with E-state index in [1.807, 2.05) is 7.11 Å². The van der Waals surface area contributed by atoms with E-state index in [2.05, 4.69) is 55.4 Å². The highest BCUT2D eigenvalue weighted by molar-refractivity contribution is 5.86. The van der Waals surface area contributed by atoms with Gasteiger partial charge in [-0.2, -0.15) is 0 Å². The molecule has 16 fully saturated rings. The summed E-state index contributed by atoms with van der Waals surface area (Å²) in [6, 6.07) is 0. The number of carbonyl (C=O) groups is 4. The molecular formula is C81H122O14. The van der Waals surface area contributed by atoms with Crippen molar-refractivity contribution in [2.75, 3.05) is 26.9 Å². The second-order valence-corrected chi connectivity index (χ2v) is 37.8. The van der Waals surface area contributed by atoms with Gasteiger partial charge in [0.05, 0.1) is 54.6 Å². The Labute approximate surface area is 568 Å². The Hall–Kier alpha value is -2.88. The van der Waals surface area contributed by atoms with Gasteiger partial charge in [0.2, 0.25) is 6.29 Å². The van der Waals surface area contributed by atoms with Gasteiger partial charge in [-0.25, -0.2) is 9.59 Å². The van der Waals surface area contributed by atoms with Crippen molar-refractivity contribution in [2.24, 2.45) is 133 Å². The van der Waals surface area contributed by atoms with Gasteiger partial charge in [-0.3, -0.25) is 9.59 Å². The summed E-state index contributed by atoms with van der Waals surface area (Å²) in [7, 11) is 1.84. The molecule has 5 heterocycles. The molecule has 0 amide bonds. The average molecular weight is 1320 g/mol. The summed E-state index contributed by atoms with van der Waals surface area (Å²) in [5.74, 6) is 9.19. The average Bonchev–Trinajstić information content (AvgIpc) is 1.66. The normalized spacial score (nSPS) is 53.8. The molecular weight excluding hydrogens is 1200 g/mol. The van der Waals surface area contributed by atoms with Crippen molar-refractivity contribution >= 4 is 23.9 Å². The molecule has 95 heavy (non-hydrogen) atoms. The van der Waals surface area contributed by atoms with Crippen molar-refractivity contribution in [3.63, 3.8) is 0 Å². The zero-order valence-electron chi connectivity index (χ0n) is 59.7. The Morgan fingerprint density at radius 1 is 0.484 bits per heavy atom. The van der Waals surface area contributed by atoms with Gasteiger partial charge >= 0.3 is 23.9 Å². The number of rotatable bonds is 4. The second kappa shape index (κ2) is 24.4. The van der Waals surface area contributed by atoms with Gasteiger partial charge in [-0.15, -0.1) is 0 Å². The van der Waals surface area contributed by atoms with Crippen molar-refractivity contribution in [1.82, 2.24) is 0 Å². The number of ether oxygens (including phenoxy) is 6. The first-order valence-corrected chi connectivity index (χ1v) is 39.2. The summed E-state index contributed by atoms with van der Waals surface area (Å²) in [4.78, 5) is 46.2. The standard InChI is InChI=1S/C23H34O5.C23H34O4.C23H36O2.C12H18O3/c1-21-8-6-18-19(4-3-15-12-16(24)5-9-22(15,18)27-2)23(21,26)10-7-17(21)14-11-20(25)28-13-14;1-21-8-5-16(24)12-15(21)3-4-19-18(21)6-9-22(2)17(7-10-23(19,22)26)14-11-20(25)27-13-14;1-22-11-4-3-5-16(22)6-7-17-19-9-8-18(15-13-21(24)25-14-15)23(19,2)12-10-20(17)22;1-6-4-8-10(12(6,2)3)7-5-9(13)15-11(7)14-8/h11,15-19,24,26H,3-10,12-13H2,1-2H3;11,15-19,24,26H,3-10,12-13H2,1-2H3;15-20H,3-14H2,1-2H3;6-8,10-11H,4-5H2,1-3H3/t15-,16+,17+,18?,19?,21-,22-,23+;15-,16+,17+,18?,19?,21+,22-,23+;15-,16+,17+,18+,19-,20+,22+,23-;6-,7?,8-,10-,11?/m1110/s1. The van der Waals surface area contributed by atoms with Crippen LogP contribution in [0.2, 0.25) is 0 Å². The van der Waals surface area contributed by atoms with E-state index in [1.54, 1.807) is 12.2 Å². The third kappa shape index (κ3) is 10.5. The molecule has 13 saturated carbocycles. The number of carbonyl (C=O) groups excluding carboxylic acids is 4. The van der Waals surface area contributed by atoms with Crippen molar-refractivity contribution in [3.05, 3.63) is 23.3 Å². The Morgan fingerprint density at radius 3 is 1.67 bits per heavy atom. The molecule has 14 nitrogen and oxygen atoms in total. The third-order valence-electron chi connectivity index (χ3n) is 34.7. The molecule has 3 saturated heterocycles. The van der Waals surface area contributed by atoms with Gasteiger partial charge in [0.25, 0.3) is 0 Å². The third-order valence-corrected chi connectivity index (χ3v) is 34.7. The number of aliphatic hydroxyl groups excluding tert-OH is 2. The second-order valence-electron chi connectivity index (χ2n) is 37.8. The first kappa shape index (κ1) is 67.9. The van der Waals surface area contributed by atoms with E-state index < -0.39 is 11.2 Å². The first-order chi connectivity index (χ1) is 45.1. The summed E-state index contributed by atoms with van der Waals surface area (Å²) >= 11 is 0. The van der Waals surface area contributed by atoms with Crippen LogP contribution in [0.5, 0.6) is 0 Å². The largest absolute Gasteiger partial charge is 0.465 e. The molecule has 18 rings (SSSR count). The summed E-state index contributed by atoms with van der Waals surface area (Å²) in [6.45, 7) is 20.7. The van der Waals surface area contributed by atoms with Gasteiger partial charge in [-0.05, 0) is 295 Å². The smallest absolute Gasteiger partial charge is 0.331 e. The van der Waals surface area contributed by atoms with E-state index in [0.717, 1.165) is 156 Å². The lowest BCUT2D eigenvalue weighted by molar-refractivity contribution is -0.245. The van der Waals surface area contributed by atoms with Crippen molar-refractivity contribution < 1.29 is 68.0 Å². The molecule has 0 radical (unpaired) electrons. The highest BCUT2D eigenvalue weighted by Crippen LogP contribution is 2.73. The molecule has 18 aliphatic rings. The van der Waals surface area contributed by atoms with Crippen LogP contribution in [0.25, 0.3) is 0 Å². The van der Waals surface area contributed by atoms with Crippen molar-refractivity contribution in [1.29, 1.82) is 0 Å². The van der Waals surface area contributed by atoms with Crippen LogP contribution in [0.15, 0.2) is 23.3 Å². The van der Waals surface area contributed by atoms with Crippen molar-refractivity contribution in [2.45, 2.75) is 296 Å². The molecule has 14 heteroatoms. The minimum absolute atomic E-state index is 0.0564. The Bertz CT molecular complexity index is 3030. The minimum Gasteiger partial charge on any atom is -0.465 e. The van der Waals surface area contributed by atoms with E-state index in [4.69, 9.17) is 28.4 Å². The molecule has 0 bridgehead atoms. The Balaban J connectivity index is 0.000000106. The minimum atomic E-state index is -0.709. The van der Waals surface area contributed by atoms with Crippen LogP contribution in [-0.4, -0.2) is 113 Å². The maximum Gasteiger partial charge on any atom is 0.331 e. The first-order valence-electron chi connectivity index (χ1n) is 39.2. The van der Waals surface area contributed by atoms with E-state index in [-0.39, 0.29) is 87.4 Å². The van der Waals surface area contributed by atoms with Gasteiger partial charge in [0.15, 0.2) is 0 Å². The van der Waals surface area contributed by atoms with Crippen LogP contribution in [0.3, 0.4) is 0 Å². The van der Waals surface area contributed by atoms with Crippen molar-refractivity contribution in [3.8, 4) is 0 Å². The predicted molar refractivity (Wildman–Crippen MR) is 358 cm³/mol. The quantitative estimate of drug-likeness (QED) is 0.153. The summed E-state index contributed by atoms with van der Waals surface area (Å²) in [5.41, 5.74) is 1.98. The zero-order chi connectivity index (χ0) is 66.8. The van der Waals surface area contributed by atoms with Gasteiger partial charge in [0.1, 0.15) is 13.2 Å². The summed E-state index contributed by atoms with van der Waals surface area (Å²) < 4.78 is 33.1. The van der Waals surface area contributed by atoms with Crippen LogP contribution < -0.4 is 0 Å². The zero-order valence-corrected chi connectivity index (χ0v) is 59.7. The summed E-state index contributed by atoms with van der Waals surface area (Å²) in [6.07, 6.45) is 37.6. The maximum absolute atomic E-state index is 12.2. The van der Waals surface area contributed by atoms with Crippen LogP contribution in [0.4, 0.5) is 0 Å². The van der Waals surface area contributed by atoms with Gasteiger partial charge in [-0.1, -0.05) is 68.2 Å². The van der Waals surface area contributed by atoms with E-state index in [1.165, 1.54) is 70.6 Å².